The number of hydrogen-bond donors (Lipinski definition) is 0. The molecule has 0 radical (unpaired) electrons. The topological polar surface area (TPSA) is 38.8 Å². The fourth-order valence-electron chi connectivity index (χ4n) is 3.32. The summed E-state index contributed by atoms with van der Waals surface area (Å²) in [5, 5.41) is 2.12. The first-order valence-electron chi connectivity index (χ1n) is 9.71. The second kappa shape index (κ2) is 8.50. The van der Waals surface area contributed by atoms with Gasteiger partial charge in [-0.1, -0.05) is 12.1 Å². The maximum Gasteiger partial charge on any atom is 0.315 e. The molecule has 0 aliphatic carbocycles. The number of hydrogen-bond acceptors (Lipinski definition) is 5. The van der Waals surface area contributed by atoms with Crippen molar-refractivity contribution in [2.45, 2.75) is 39.2 Å². The number of rotatable bonds is 6. The fraction of sp³-hybridized carbons (Fsp3) is 0.435. The van der Waals surface area contributed by atoms with E-state index in [9.17, 15) is 4.79 Å². The van der Waals surface area contributed by atoms with Crippen molar-refractivity contribution in [1.82, 2.24) is 4.90 Å². The Morgan fingerprint density at radius 2 is 2.11 bits per heavy atom. The van der Waals surface area contributed by atoms with Crippen molar-refractivity contribution >= 4 is 22.9 Å². The minimum atomic E-state index is -0.718. The summed E-state index contributed by atoms with van der Waals surface area (Å²) < 4.78 is 11.4. The SMILES string of the molecule is CCOC(=O)C(C)(C)c1ccc2c(c1)C(=CCCN(C)C)c1sccc1CO2. The van der Waals surface area contributed by atoms with E-state index < -0.39 is 5.41 Å². The molecule has 0 atom stereocenters. The second-order valence-electron chi connectivity index (χ2n) is 7.83. The highest BCUT2D eigenvalue weighted by Gasteiger charge is 2.33. The van der Waals surface area contributed by atoms with Crippen LogP contribution < -0.4 is 4.74 Å². The van der Waals surface area contributed by atoms with Crippen LogP contribution >= 0.6 is 11.3 Å². The lowest BCUT2D eigenvalue weighted by Crippen LogP contribution is -2.31. The van der Waals surface area contributed by atoms with Gasteiger partial charge in [-0.2, -0.15) is 0 Å². The highest BCUT2D eigenvalue weighted by Crippen LogP contribution is 2.41. The van der Waals surface area contributed by atoms with Crippen LogP contribution in [0.1, 0.15) is 48.8 Å². The van der Waals surface area contributed by atoms with Crippen LogP contribution in [0.15, 0.2) is 35.7 Å². The molecule has 0 amide bonds. The monoisotopic (exact) mass is 399 g/mol. The largest absolute Gasteiger partial charge is 0.488 e. The number of fused-ring (bicyclic) bond motifs is 2. The Labute approximate surface area is 171 Å². The van der Waals surface area contributed by atoms with Gasteiger partial charge in [-0.3, -0.25) is 4.79 Å². The molecule has 150 valence electrons. The Balaban J connectivity index is 2.07. The summed E-state index contributed by atoms with van der Waals surface area (Å²) in [6.45, 7) is 7.59. The lowest BCUT2D eigenvalue weighted by Gasteiger charge is -2.24. The Morgan fingerprint density at radius 3 is 2.82 bits per heavy atom. The number of carbonyl (C=O) groups excluding carboxylic acids is 1. The maximum atomic E-state index is 12.5. The molecule has 0 bridgehead atoms. The van der Waals surface area contributed by atoms with Crippen LogP contribution in [0.5, 0.6) is 5.75 Å². The third kappa shape index (κ3) is 4.15. The van der Waals surface area contributed by atoms with Gasteiger partial charge >= 0.3 is 5.97 Å². The summed E-state index contributed by atoms with van der Waals surface area (Å²) in [6.07, 6.45) is 3.24. The van der Waals surface area contributed by atoms with Crippen molar-refractivity contribution < 1.29 is 14.3 Å². The first kappa shape index (κ1) is 20.6. The Hall–Kier alpha value is -2.11. The maximum absolute atomic E-state index is 12.5. The van der Waals surface area contributed by atoms with Crippen LogP contribution in [-0.2, 0) is 21.6 Å². The van der Waals surface area contributed by atoms with E-state index in [1.165, 1.54) is 16.0 Å². The van der Waals surface area contributed by atoms with E-state index in [-0.39, 0.29) is 5.97 Å². The predicted octanol–water partition coefficient (Wildman–Crippen LogP) is 4.86. The van der Waals surface area contributed by atoms with Gasteiger partial charge in [-0.15, -0.1) is 11.3 Å². The second-order valence-corrected chi connectivity index (χ2v) is 8.75. The van der Waals surface area contributed by atoms with Crippen molar-refractivity contribution in [2.24, 2.45) is 0 Å². The van der Waals surface area contributed by atoms with Crippen molar-refractivity contribution in [1.29, 1.82) is 0 Å². The molecular formula is C23H29NO3S. The van der Waals surface area contributed by atoms with Crippen LogP contribution in [0.4, 0.5) is 0 Å². The highest BCUT2D eigenvalue weighted by molar-refractivity contribution is 7.11. The van der Waals surface area contributed by atoms with Crippen LogP contribution in [0.3, 0.4) is 0 Å². The van der Waals surface area contributed by atoms with Gasteiger partial charge in [-0.05, 0) is 76.0 Å². The molecule has 5 heteroatoms. The Bertz CT molecular complexity index is 880. The predicted molar refractivity (Wildman–Crippen MR) is 115 cm³/mol. The molecule has 1 aromatic carbocycles. The van der Waals surface area contributed by atoms with E-state index in [1.54, 1.807) is 11.3 Å². The molecule has 1 aromatic heterocycles. The first-order chi connectivity index (χ1) is 13.3. The van der Waals surface area contributed by atoms with Crippen LogP contribution in [0.25, 0.3) is 5.57 Å². The van der Waals surface area contributed by atoms with Gasteiger partial charge in [0.1, 0.15) is 12.4 Å². The lowest BCUT2D eigenvalue weighted by atomic mass is 9.83. The van der Waals surface area contributed by atoms with E-state index >= 15 is 0 Å². The molecule has 4 nitrogen and oxygen atoms in total. The van der Waals surface area contributed by atoms with E-state index in [4.69, 9.17) is 9.47 Å². The molecule has 0 saturated heterocycles. The molecule has 0 saturated carbocycles. The molecule has 0 spiro atoms. The minimum absolute atomic E-state index is 0.209. The van der Waals surface area contributed by atoms with Gasteiger partial charge in [0.25, 0.3) is 0 Å². The summed E-state index contributed by atoms with van der Waals surface area (Å²) >= 11 is 1.74. The standard InChI is InChI=1S/C23H29NO3S/c1-6-26-22(25)23(2,3)17-9-10-20-19(14-17)18(8-7-12-24(4)5)21-16(15-27-20)11-13-28-21/h8-11,13-14H,6-7,12,15H2,1-5H3. The molecular weight excluding hydrogens is 370 g/mol. The van der Waals surface area contributed by atoms with E-state index in [0.717, 1.165) is 29.8 Å². The quantitative estimate of drug-likeness (QED) is 0.650. The molecule has 0 unspecified atom stereocenters. The zero-order valence-corrected chi connectivity index (χ0v) is 18.2. The van der Waals surface area contributed by atoms with Crippen molar-refractivity contribution in [3.8, 4) is 5.75 Å². The lowest BCUT2D eigenvalue weighted by molar-refractivity contribution is -0.148. The number of nitrogens with zero attached hydrogens (tertiary/aromatic N) is 1. The molecule has 1 aliphatic heterocycles. The molecule has 3 rings (SSSR count). The molecule has 28 heavy (non-hydrogen) atoms. The summed E-state index contributed by atoms with van der Waals surface area (Å²) in [7, 11) is 4.17. The zero-order chi connectivity index (χ0) is 20.3. The summed E-state index contributed by atoms with van der Waals surface area (Å²) in [5.41, 5.74) is 3.68. The third-order valence-corrected chi connectivity index (χ3v) is 6.07. The van der Waals surface area contributed by atoms with Crippen molar-refractivity contribution in [3.63, 3.8) is 0 Å². The fourth-order valence-corrected chi connectivity index (χ4v) is 4.28. The normalized spacial score (nSPS) is 15.0. The minimum Gasteiger partial charge on any atom is -0.488 e. The highest BCUT2D eigenvalue weighted by atomic mass is 32.1. The zero-order valence-electron chi connectivity index (χ0n) is 17.4. The average Bonchev–Trinajstić information content (AvgIpc) is 3.06. The van der Waals surface area contributed by atoms with E-state index in [1.807, 2.05) is 32.9 Å². The number of esters is 1. The van der Waals surface area contributed by atoms with Gasteiger partial charge in [0.2, 0.25) is 0 Å². The van der Waals surface area contributed by atoms with Gasteiger partial charge < -0.3 is 14.4 Å². The molecule has 1 aliphatic rings. The Kier molecular flexibility index (Phi) is 6.26. The smallest absolute Gasteiger partial charge is 0.315 e. The van der Waals surface area contributed by atoms with Crippen molar-refractivity contribution in [3.05, 3.63) is 57.3 Å². The summed E-state index contributed by atoms with van der Waals surface area (Å²) in [6, 6.07) is 8.20. The van der Waals surface area contributed by atoms with E-state index in [0.29, 0.717) is 13.2 Å². The summed E-state index contributed by atoms with van der Waals surface area (Å²) in [4.78, 5) is 15.9. The van der Waals surface area contributed by atoms with Crippen LogP contribution in [0, 0.1) is 0 Å². The van der Waals surface area contributed by atoms with Gasteiger partial charge in [0.15, 0.2) is 0 Å². The van der Waals surface area contributed by atoms with E-state index in [2.05, 4.69) is 42.6 Å². The number of benzene rings is 1. The van der Waals surface area contributed by atoms with Gasteiger partial charge in [0.05, 0.1) is 12.0 Å². The first-order valence-corrected chi connectivity index (χ1v) is 10.6. The average molecular weight is 400 g/mol. The van der Waals surface area contributed by atoms with Crippen molar-refractivity contribution in [2.75, 3.05) is 27.2 Å². The molecule has 2 aromatic rings. The molecule has 0 N–H and O–H groups in total. The third-order valence-electron chi connectivity index (χ3n) is 5.08. The van der Waals surface area contributed by atoms with Gasteiger partial charge in [-0.25, -0.2) is 0 Å². The van der Waals surface area contributed by atoms with Crippen LogP contribution in [0.2, 0.25) is 0 Å². The number of thiophene rings is 1. The summed E-state index contributed by atoms with van der Waals surface area (Å²) in [5.74, 6) is 0.655. The van der Waals surface area contributed by atoms with Gasteiger partial charge in [0, 0.05) is 22.5 Å². The Morgan fingerprint density at radius 1 is 1.32 bits per heavy atom. The van der Waals surface area contributed by atoms with Crippen LogP contribution in [-0.4, -0.2) is 38.1 Å². The number of ether oxygens (including phenoxy) is 2. The molecule has 2 heterocycles. The molecule has 0 fully saturated rings. The number of carbonyl (C=O) groups is 1.